The van der Waals surface area contributed by atoms with Crippen LogP contribution in [-0.4, -0.2) is 47.4 Å². The van der Waals surface area contributed by atoms with E-state index in [0.29, 0.717) is 19.4 Å². The normalized spacial score (nSPS) is 12.6. The highest BCUT2D eigenvalue weighted by molar-refractivity contribution is 5.76. The molecular formula is C68H131NO5. The SMILES string of the molecule is CCCCCCCCCCCCCCCCCCCCCC/C=C/C(O)C(CO)NC(=O)CCCCCCCCC/C=C\CCCCCCCCCCCCCOC(=O)CCCCCCCCCCCCCCC. The molecule has 1 amide bonds. The summed E-state index contributed by atoms with van der Waals surface area (Å²) in [6, 6.07) is -0.634. The lowest BCUT2D eigenvalue weighted by atomic mass is 10.0. The van der Waals surface area contributed by atoms with Gasteiger partial charge in [0.2, 0.25) is 5.91 Å². The number of carbonyl (C=O) groups excluding carboxylic acids is 2. The van der Waals surface area contributed by atoms with Gasteiger partial charge in [-0.3, -0.25) is 9.59 Å². The van der Waals surface area contributed by atoms with E-state index in [4.69, 9.17) is 4.74 Å². The average molecular weight is 1040 g/mol. The second-order valence-corrected chi connectivity index (χ2v) is 23.2. The number of nitrogens with one attached hydrogen (secondary N) is 1. The van der Waals surface area contributed by atoms with Gasteiger partial charge in [-0.1, -0.05) is 327 Å². The van der Waals surface area contributed by atoms with E-state index in [1.807, 2.05) is 6.08 Å². The van der Waals surface area contributed by atoms with Gasteiger partial charge in [-0.25, -0.2) is 0 Å². The zero-order chi connectivity index (χ0) is 53.6. The summed E-state index contributed by atoms with van der Waals surface area (Å²) in [4.78, 5) is 24.6. The molecule has 74 heavy (non-hydrogen) atoms. The largest absolute Gasteiger partial charge is 0.466 e. The quantitative estimate of drug-likeness (QED) is 0.0320. The molecule has 0 aliphatic rings. The highest BCUT2D eigenvalue weighted by Crippen LogP contribution is 2.18. The molecule has 6 nitrogen and oxygen atoms in total. The smallest absolute Gasteiger partial charge is 0.305 e. The van der Waals surface area contributed by atoms with Crippen molar-refractivity contribution >= 4 is 11.9 Å². The predicted octanol–water partition coefficient (Wildman–Crippen LogP) is 21.4. The Hall–Kier alpha value is -1.66. The molecule has 0 spiro atoms. The van der Waals surface area contributed by atoms with Crippen LogP contribution in [0.2, 0.25) is 0 Å². The number of unbranched alkanes of at least 4 members (excludes halogenated alkanes) is 50. The molecule has 0 aromatic carbocycles. The number of allylic oxidation sites excluding steroid dienone is 3. The molecular weight excluding hydrogens is 911 g/mol. The van der Waals surface area contributed by atoms with Gasteiger partial charge in [-0.2, -0.15) is 0 Å². The molecule has 0 saturated carbocycles. The van der Waals surface area contributed by atoms with E-state index in [1.54, 1.807) is 6.08 Å². The molecule has 3 N–H and O–H groups in total. The summed E-state index contributed by atoms with van der Waals surface area (Å²) >= 11 is 0. The van der Waals surface area contributed by atoms with E-state index in [2.05, 4.69) is 31.3 Å². The van der Waals surface area contributed by atoms with Crippen molar-refractivity contribution in [2.24, 2.45) is 0 Å². The van der Waals surface area contributed by atoms with Crippen molar-refractivity contribution in [2.75, 3.05) is 13.2 Å². The lowest BCUT2D eigenvalue weighted by Crippen LogP contribution is -2.45. The van der Waals surface area contributed by atoms with Gasteiger partial charge in [-0.05, 0) is 57.8 Å². The fraction of sp³-hybridized carbons (Fsp3) is 0.912. The van der Waals surface area contributed by atoms with Crippen LogP contribution in [0.1, 0.15) is 373 Å². The van der Waals surface area contributed by atoms with Crippen LogP contribution >= 0.6 is 0 Å². The first-order chi connectivity index (χ1) is 36.5. The molecule has 0 heterocycles. The van der Waals surface area contributed by atoms with Gasteiger partial charge < -0.3 is 20.3 Å². The third-order valence-corrected chi connectivity index (χ3v) is 15.7. The maximum absolute atomic E-state index is 12.5. The summed E-state index contributed by atoms with van der Waals surface area (Å²) in [6.45, 7) is 4.93. The van der Waals surface area contributed by atoms with Crippen molar-refractivity contribution in [2.45, 2.75) is 386 Å². The molecule has 0 radical (unpaired) electrons. The van der Waals surface area contributed by atoms with Gasteiger partial charge in [0.1, 0.15) is 0 Å². The highest BCUT2D eigenvalue weighted by atomic mass is 16.5. The molecule has 0 aliphatic heterocycles. The fourth-order valence-electron chi connectivity index (χ4n) is 10.6. The molecule has 6 heteroatoms. The second kappa shape index (κ2) is 63.9. The third kappa shape index (κ3) is 59.6. The summed E-state index contributed by atoms with van der Waals surface area (Å²) in [7, 11) is 0. The molecule has 0 aromatic rings. The minimum Gasteiger partial charge on any atom is -0.466 e. The van der Waals surface area contributed by atoms with Crippen LogP contribution in [0.25, 0.3) is 0 Å². The van der Waals surface area contributed by atoms with Crippen LogP contribution in [0, 0.1) is 0 Å². The molecule has 0 saturated heterocycles. The summed E-state index contributed by atoms with van der Waals surface area (Å²) in [5, 5.41) is 23.2. The number of esters is 1. The van der Waals surface area contributed by atoms with E-state index in [-0.39, 0.29) is 18.5 Å². The fourth-order valence-corrected chi connectivity index (χ4v) is 10.6. The zero-order valence-corrected chi connectivity index (χ0v) is 50.1. The van der Waals surface area contributed by atoms with Crippen LogP contribution in [0.3, 0.4) is 0 Å². The van der Waals surface area contributed by atoms with Crippen molar-refractivity contribution in [1.82, 2.24) is 5.32 Å². The number of ether oxygens (including phenoxy) is 1. The van der Waals surface area contributed by atoms with Crippen LogP contribution < -0.4 is 5.32 Å². The minimum atomic E-state index is -0.850. The summed E-state index contributed by atoms with van der Waals surface area (Å²) in [5.41, 5.74) is 0. The van der Waals surface area contributed by atoms with Crippen LogP contribution in [0.5, 0.6) is 0 Å². The van der Waals surface area contributed by atoms with Crippen LogP contribution in [0.15, 0.2) is 24.3 Å². The lowest BCUT2D eigenvalue weighted by Gasteiger charge is -2.20. The Balaban J connectivity index is 3.44. The Morgan fingerprint density at radius 2 is 0.635 bits per heavy atom. The van der Waals surface area contributed by atoms with Crippen molar-refractivity contribution < 1.29 is 24.5 Å². The number of carbonyl (C=O) groups is 2. The van der Waals surface area contributed by atoms with Gasteiger partial charge in [0, 0.05) is 12.8 Å². The summed E-state index contributed by atoms with van der Waals surface area (Å²) in [5.74, 6) is -0.0596. The number of aliphatic hydroxyl groups excluding tert-OH is 2. The average Bonchev–Trinajstić information content (AvgIpc) is 3.40. The monoisotopic (exact) mass is 1040 g/mol. The topological polar surface area (TPSA) is 95.9 Å². The second-order valence-electron chi connectivity index (χ2n) is 23.2. The Labute approximate surface area is 462 Å². The third-order valence-electron chi connectivity index (χ3n) is 15.7. The van der Waals surface area contributed by atoms with Crippen LogP contribution in [-0.2, 0) is 14.3 Å². The van der Waals surface area contributed by atoms with Gasteiger partial charge in [0.15, 0.2) is 0 Å². The lowest BCUT2D eigenvalue weighted by molar-refractivity contribution is -0.143. The van der Waals surface area contributed by atoms with E-state index in [9.17, 15) is 19.8 Å². The first-order valence-electron chi connectivity index (χ1n) is 33.6. The number of aliphatic hydroxyl groups is 2. The summed E-state index contributed by atoms with van der Waals surface area (Å²) in [6.07, 6.45) is 79.5. The predicted molar refractivity (Wildman–Crippen MR) is 324 cm³/mol. The van der Waals surface area contributed by atoms with E-state index in [1.165, 1.54) is 302 Å². The van der Waals surface area contributed by atoms with Crippen molar-refractivity contribution in [3.8, 4) is 0 Å². The molecule has 2 atom stereocenters. The number of amides is 1. The van der Waals surface area contributed by atoms with E-state index in [0.717, 1.165) is 44.9 Å². The van der Waals surface area contributed by atoms with Gasteiger partial charge in [-0.15, -0.1) is 0 Å². The number of hydrogen-bond donors (Lipinski definition) is 3. The number of hydrogen-bond acceptors (Lipinski definition) is 5. The molecule has 0 aromatic heterocycles. The Morgan fingerprint density at radius 3 is 0.959 bits per heavy atom. The van der Waals surface area contributed by atoms with Gasteiger partial charge >= 0.3 is 5.97 Å². The molecule has 0 fully saturated rings. The molecule has 0 aliphatic carbocycles. The van der Waals surface area contributed by atoms with E-state index < -0.39 is 12.1 Å². The van der Waals surface area contributed by atoms with Gasteiger partial charge in [0.05, 0.1) is 25.4 Å². The summed E-state index contributed by atoms with van der Waals surface area (Å²) < 4.78 is 5.48. The molecule has 2 unspecified atom stereocenters. The maximum Gasteiger partial charge on any atom is 0.305 e. The zero-order valence-electron chi connectivity index (χ0n) is 50.1. The maximum atomic E-state index is 12.5. The molecule has 438 valence electrons. The van der Waals surface area contributed by atoms with Crippen LogP contribution in [0.4, 0.5) is 0 Å². The first kappa shape index (κ1) is 72.3. The highest BCUT2D eigenvalue weighted by Gasteiger charge is 2.18. The van der Waals surface area contributed by atoms with Crippen molar-refractivity contribution in [3.63, 3.8) is 0 Å². The minimum absolute atomic E-state index is 0.0116. The molecule has 0 bridgehead atoms. The Kier molecular flexibility index (Phi) is 62.4. The van der Waals surface area contributed by atoms with Crippen molar-refractivity contribution in [1.29, 1.82) is 0 Å². The standard InChI is InChI=1S/C68H131NO5/c1-3-5-7-9-11-13-15-17-18-19-20-21-24-27-30-33-37-40-44-48-52-56-60-66(71)65(64-70)69-67(72)61-57-53-49-45-41-38-34-31-28-25-22-23-26-29-32-35-39-43-47-51-55-59-63-74-68(73)62-58-54-50-46-42-36-16-14-12-10-8-6-4-2/h25,28,56,60,65-66,70-71H,3-24,26-27,29-55,57-59,61-64H2,1-2H3,(H,69,72)/b28-25-,60-56+. The Bertz CT molecular complexity index is 1150. The first-order valence-corrected chi connectivity index (χ1v) is 33.6. The van der Waals surface area contributed by atoms with Gasteiger partial charge in [0.25, 0.3) is 0 Å². The molecule has 0 rings (SSSR count). The Morgan fingerprint density at radius 1 is 0.365 bits per heavy atom. The van der Waals surface area contributed by atoms with Crippen molar-refractivity contribution in [3.05, 3.63) is 24.3 Å². The number of rotatable bonds is 63. The van der Waals surface area contributed by atoms with E-state index >= 15 is 0 Å².